The van der Waals surface area contributed by atoms with Gasteiger partial charge in [-0.05, 0) is 37.1 Å². The number of ether oxygens (including phenoxy) is 1. The topological polar surface area (TPSA) is 88.1 Å². The van der Waals surface area contributed by atoms with E-state index in [1.54, 1.807) is 24.3 Å². The lowest BCUT2D eigenvalue weighted by molar-refractivity contribution is -0.147. The highest BCUT2D eigenvalue weighted by molar-refractivity contribution is 9.10. The summed E-state index contributed by atoms with van der Waals surface area (Å²) in [5.41, 5.74) is 0.611. The van der Waals surface area contributed by atoms with Crippen molar-refractivity contribution in [3.05, 3.63) is 28.7 Å². The minimum Gasteiger partial charge on any atom is -0.456 e. The standard InChI is InChI=1S/C17H18BrN3O4S/c18-11-3-5-12(6-4-11)19-14(22)10-25-15(23)9-13-16(24)20-17(26-13)21-7-1-2-8-21/h3-6,13H,1-2,7-10H2,(H,19,22). The molecule has 138 valence electrons. The van der Waals surface area contributed by atoms with Gasteiger partial charge in [0.2, 0.25) is 0 Å². The molecule has 0 bridgehead atoms. The van der Waals surface area contributed by atoms with Crippen molar-refractivity contribution in [1.29, 1.82) is 0 Å². The predicted octanol–water partition coefficient (Wildman–Crippen LogP) is 2.41. The number of nitrogens with zero attached hydrogens (tertiary/aromatic N) is 2. The normalized spacial score (nSPS) is 19.4. The first-order valence-electron chi connectivity index (χ1n) is 8.26. The number of carbonyl (C=O) groups is 3. The molecule has 1 aromatic carbocycles. The van der Waals surface area contributed by atoms with Crippen LogP contribution in [0.25, 0.3) is 0 Å². The van der Waals surface area contributed by atoms with Crippen molar-refractivity contribution in [2.75, 3.05) is 25.0 Å². The number of thioether (sulfide) groups is 1. The first kappa shape index (κ1) is 18.9. The molecule has 1 unspecified atom stereocenters. The zero-order chi connectivity index (χ0) is 18.5. The molecule has 1 saturated heterocycles. The number of likely N-dealkylation sites (tertiary alicyclic amines) is 1. The number of hydrogen-bond acceptors (Lipinski definition) is 6. The molecule has 0 radical (unpaired) electrons. The van der Waals surface area contributed by atoms with Crippen LogP contribution in [0.3, 0.4) is 0 Å². The van der Waals surface area contributed by atoms with Gasteiger partial charge < -0.3 is 15.0 Å². The van der Waals surface area contributed by atoms with E-state index in [0.29, 0.717) is 10.9 Å². The smallest absolute Gasteiger partial charge is 0.307 e. The lowest BCUT2D eigenvalue weighted by atomic mass is 10.3. The first-order chi connectivity index (χ1) is 12.5. The van der Waals surface area contributed by atoms with Gasteiger partial charge in [-0.1, -0.05) is 27.7 Å². The molecule has 2 amide bonds. The van der Waals surface area contributed by atoms with Crippen molar-refractivity contribution in [3.63, 3.8) is 0 Å². The molecule has 1 atom stereocenters. The van der Waals surface area contributed by atoms with E-state index in [-0.39, 0.29) is 18.9 Å². The minimum absolute atomic E-state index is 0.0874. The zero-order valence-electron chi connectivity index (χ0n) is 13.9. The summed E-state index contributed by atoms with van der Waals surface area (Å²) in [6.07, 6.45) is 2.10. The Labute approximate surface area is 163 Å². The number of anilines is 1. The van der Waals surface area contributed by atoms with Crippen molar-refractivity contribution < 1.29 is 19.1 Å². The predicted molar refractivity (Wildman–Crippen MR) is 103 cm³/mol. The van der Waals surface area contributed by atoms with E-state index in [1.165, 1.54) is 11.8 Å². The fourth-order valence-electron chi connectivity index (χ4n) is 2.64. The van der Waals surface area contributed by atoms with Gasteiger partial charge in [0.1, 0.15) is 5.25 Å². The van der Waals surface area contributed by atoms with Gasteiger partial charge in [-0.25, -0.2) is 0 Å². The SMILES string of the molecule is O=C(COC(=O)CC1SC(N2CCCC2)=NC1=O)Nc1ccc(Br)cc1. The molecular weight excluding hydrogens is 422 g/mol. The van der Waals surface area contributed by atoms with Crippen LogP contribution in [-0.4, -0.2) is 52.8 Å². The molecular formula is C17H18BrN3O4S. The molecule has 1 N–H and O–H groups in total. The number of hydrogen-bond donors (Lipinski definition) is 1. The van der Waals surface area contributed by atoms with E-state index < -0.39 is 17.1 Å². The molecule has 1 fully saturated rings. The number of benzene rings is 1. The van der Waals surface area contributed by atoms with Crippen molar-refractivity contribution in [3.8, 4) is 0 Å². The third-order valence-corrected chi connectivity index (χ3v) is 5.69. The van der Waals surface area contributed by atoms with E-state index in [0.717, 1.165) is 30.4 Å². The summed E-state index contributed by atoms with van der Waals surface area (Å²) >= 11 is 4.61. The number of esters is 1. The number of nitrogens with one attached hydrogen (secondary N) is 1. The quantitative estimate of drug-likeness (QED) is 0.708. The molecule has 0 aliphatic carbocycles. The van der Waals surface area contributed by atoms with Crippen LogP contribution in [0.2, 0.25) is 0 Å². The highest BCUT2D eigenvalue weighted by Crippen LogP contribution is 2.29. The van der Waals surface area contributed by atoms with E-state index in [9.17, 15) is 14.4 Å². The molecule has 0 spiro atoms. The lowest BCUT2D eigenvalue weighted by Crippen LogP contribution is -2.25. The molecule has 2 heterocycles. The summed E-state index contributed by atoms with van der Waals surface area (Å²) < 4.78 is 5.88. The number of aliphatic imine (C=N–C) groups is 1. The van der Waals surface area contributed by atoms with E-state index in [2.05, 4.69) is 31.1 Å². The largest absolute Gasteiger partial charge is 0.456 e. The van der Waals surface area contributed by atoms with Gasteiger partial charge in [-0.3, -0.25) is 14.4 Å². The fraction of sp³-hybridized carbons (Fsp3) is 0.412. The highest BCUT2D eigenvalue weighted by Gasteiger charge is 2.34. The summed E-state index contributed by atoms with van der Waals surface area (Å²) in [5.74, 6) is -1.33. The van der Waals surface area contributed by atoms with Crippen molar-refractivity contribution in [2.24, 2.45) is 4.99 Å². The lowest BCUT2D eigenvalue weighted by Gasteiger charge is -2.16. The molecule has 9 heteroatoms. The number of rotatable bonds is 5. The fourth-order valence-corrected chi connectivity index (χ4v) is 4.01. The Morgan fingerprint density at radius 2 is 1.96 bits per heavy atom. The zero-order valence-corrected chi connectivity index (χ0v) is 16.3. The van der Waals surface area contributed by atoms with Gasteiger partial charge in [0.05, 0.1) is 6.42 Å². The number of carbonyl (C=O) groups excluding carboxylic acids is 3. The Morgan fingerprint density at radius 3 is 2.65 bits per heavy atom. The second-order valence-electron chi connectivity index (χ2n) is 5.95. The number of halogens is 1. The maximum atomic E-state index is 12.0. The average molecular weight is 440 g/mol. The molecule has 0 saturated carbocycles. The molecule has 7 nitrogen and oxygen atoms in total. The summed E-state index contributed by atoms with van der Waals surface area (Å²) in [7, 11) is 0. The first-order valence-corrected chi connectivity index (χ1v) is 9.94. The third-order valence-electron chi connectivity index (χ3n) is 3.95. The van der Waals surface area contributed by atoms with Crippen molar-refractivity contribution in [1.82, 2.24) is 4.90 Å². The molecule has 26 heavy (non-hydrogen) atoms. The van der Waals surface area contributed by atoms with Crippen LogP contribution < -0.4 is 5.32 Å². The Hall–Kier alpha value is -1.87. The molecule has 1 aromatic rings. The Morgan fingerprint density at radius 1 is 1.27 bits per heavy atom. The van der Waals surface area contributed by atoms with Gasteiger partial charge in [-0.2, -0.15) is 4.99 Å². The maximum Gasteiger partial charge on any atom is 0.307 e. The summed E-state index contributed by atoms with van der Waals surface area (Å²) in [5, 5.41) is 2.76. The van der Waals surface area contributed by atoms with E-state index in [1.807, 2.05) is 0 Å². The van der Waals surface area contributed by atoms with Crippen LogP contribution in [0.5, 0.6) is 0 Å². The van der Waals surface area contributed by atoms with Gasteiger partial charge in [-0.15, -0.1) is 0 Å². The molecule has 0 aromatic heterocycles. The highest BCUT2D eigenvalue weighted by atomic mass is 79.9. The molecule has 3 rings (SSSR count). The Balaban J connectivity index is 1.41. The molecule has 2 aliphatic heterocycles. The Bertz CT molecular complexity index is 732. The number of amides is 2. The van der Waals surface area contributed by atoms with Crippen LogP contribution in [0.4, 0.5) is 5.69 Å². The minimum atomic E-state index is -0.584. The van der Waals surface area contributed by atoms with Gasteiger partial charge in [0.25, 0.3) is 11.8 Å². The summed E-state index contributed by atoms with van der Waals surface area (Å²) in [6.45, 7) is 1.40. The van der Waals surface area contributed by atoms with Crippen LogP contribution >= 0.6 is 27.7 Å². The van der Waals surface area contributed by atoms with E-state index >= 15 is 0 Å². The molecule has 2 aliphatic rings. The third kappa shape index (κ3) is 5.07. The van der Waals surface area contributed by atoms with Crippen LogP contribution in [0.1, 0.15) is 19.3 Å². The van der Waals surface area contributed by atoms with Crippen LogP contribution in [-0.2, 0) is 19.1 Å². The van der Waals surface area contributed by atoms with Crippen molar-refractivity contribution >= 4 is 56.3 Å². The second-order valence-corrected chi connectivity index (χ2v) is 8.04. The van der Waals surface area contributed by atoms with Gasteiger partial charge in [0, 0.05) is 23.2 Å². The second kappa shape index (κ2) is 8.68. The average Bonchev–Trinajstić information content (AvgIpc) is 3.26. The summed E-state index contributed by atoms with van der Waals surface area (Å²) in [6, 6.07) is 7.05. The van der Waals surface area contributed by atoms with Gasteiger partial charge in [0.15, 0.2) is 11.8 Å². The van der Waals surface area contributed by atoms with E-state index in [4.69, 9.17) is 4.74 Å². The Kier molecular flexibility index (Phi) is 6.31. The van der Waals surface area contributed by atoms with Gasteiger partial charge >= 0.3 is 5.97 Å². The number of amidine groups is 1. The van der Waals surface area contributed by atoms with Crippen LogP contribution in [0, 0.1) is 0 Å². The van der Waals surface area contributed by atoms with Crippen LogP contribution in [0.15, 0.2) is 33.7 Å². The maximum absolute atomic E-state index is 12.0. The van der Waals surface area contributed by atoms with Crippen molar-refractivity contribution in [2.45, 2.75) is 24.5 Å². The summed E-state index contributed by atoms with van der Waals surface area (Å²) in [4.78, 5) is 41.8. The monoisotopic (exact) mass is 439 g/mol.